The van der Waals surface area contributed by atoms with E-state index in [0.717, 1.165) is 0 Å². The van der Waals surface area contributed by atoms with Gasteiger partial charge in [0.1, 0.15) is 10.8 Å². The van der Waals surface area contributed by atoms with E-state index in [1.165, 1.54) is 25.2 Å². The van der Waals surface area contributed by atoms with Crippen LogP contribution in [0.3, 0.4) is 0 Å². The number of Topliss-reactive ketones (excluding diaryl/α,β-unsaturated/α-hetero) is 1. The molecule has 7 nitrogen and oxygen atoms in total. The smallest absolute Gasteiger partial charge is 0.300 e. The zero-order valence-corrected chi connectivity index (χ0v) is 20.1. The van der Waals surface area contributed by atoms with Gasteiger partial charge in [-0.3, -0.25) is 14.5 Å². The first-order valence-electron chi connectivity index (χ1n) is 10.3. The number of methoxy groups -OCH3 is 2. The Labute approximate surface area is 211 Å². The van der Waals surface area contributed by atoms with Crippen molar-refractivity contribution in [2.75, 3.05) is 19.1 Å². The molecular formula is C26H18Cl2N2O5. The molecule has 0 saturated carbocycles. The molecule has 4 rings (SSSR count). The van der Waals surface area contributed by atoms with Crippen molar-refractivity contribution in [2.45, 2.75) is 6.04 Å². The number of carbonyl (C=O) groups excluding carboxylic acids is 2. The van der Waals surface area contributed by atoms with Crippen molar-refractivity contribution >= 4 is 46.3 Å². The Morgan fingerprint density at radius 1 is 1.00 bits per heavy atom. The molecule has 3 aromatic carbocycles. The van der Waals surface area contributed by atoms with Crippen LogP contribution in [0.4, 0.5) is 5.69 Å². The van der Waals surface area contributed by atoms with E-state index >= 15 is 0 Å². The molecule has 0 radical (unpaired) electrons. The Bertz CT molecular complexity index is 1400. The number of hydrogen-bond acceptors (Lipinski definition) is 6. The van der Waals surface area contributed by atoms with Crippen molar-refractivity contribution in [2.24, 2.45) is 0 Å². The van der Waals surface area contributed by atoms with Crippen molar-refractivity contribution in [1.82, 2.24) is 0 Å². The molecule has 1 unspecified atom stereocenters. The first-order valence-corrected chi connectivity index (χ1v) is 11.1. The van der Waals surface area contributed by atoms with Crippen molar-refractivity contribution in [1.29, 1.82) is 5.26 Å². The van der Waals surface area contributed by atoms with Gasteiger partial charge in [-0.1, -0.05) is 53.5 Å². The summed E-state index contributed by atoms with van der Waals surface area (Å²) in [6, 6.07) is 17.4. The van der Waals surface area contributed by atoms with Crippen LogP contribution in [0.1, 0.15) is 22.7 Å². The number of hydrogen-bond donors (Lipinski definition) is 1. The summed E-state index contributed by atoms with van der Waals surface area (Å²) in [5.74, 6) is -2.07. The molecule has 1 atom stereocenters. The van der Waals surface area contributed by atoms with Crippen LogP contribution in [-0.4, -0.2) is 31.0 Å². The number of aliphatic hydroxyl groups excluding tert-OH is 1. The number of aliphatic hydroxyl groups is 1. The molecule has 176 valence electrons. The molecule has 1 fully saturated rings. The Balaban J connectivity index is 1.99. The summed E-state index contributed by atoms with van der Waals surface area (Å²) < 4.78 is 10.6. The summed E-state index contributed by atoms with van der Waals surface area (Å²) in [5, 5.41) is 20.6. The van der Waals surface area contributed by atoms with Gasteiger partial charge in [0.25, 0.3) is 11.7 Å². The van der Waals surface area contributed by atoms with Crippen molar-refractivity contribution < 1.29 is 24.2 Å². The summed E-state index contributed by atoms with van der Waals surface area (Å²) in [4.78, 5) is 27.8. The van der Waals surface area contributed by atoms with Gasteiger partial charge in [0.2, 0.25) is 0 Å². The predicted octanol–water partition coefficient (Wildman–Crippen LogP) is 5.51. The van der Waals surface area contributed by atoms with E-state index in [0.29, 0.717) is 16.8 Å². The quantitative estimate of drug-likeness (QED) is 0.277. The molecule has 1 aliphatic heterocycles. The number of nitriles is 1. The fourth-order valence-electron chi connectivity index (χ4n) is 4.04. The van der Waals surface area contributed by atoms with E-state index in [4.69, 9.17) is 37.9 Å². The lowest BCUT2D eigenvalue weighted by atomic mass is 9.94. The number of ether oxygens (including phenoxy) is 2. The number of nitrogens with zero attached hydrogens (tertiary/aromatic N) is 2. The van der Waals surface area contributed by atoms with Crippen molar-refractivity contribution in [3.05, 3.63) is 93.0 Å². The Morgan fingerprint density at radius 2 is 1.63 bits per heavy atom. The van der Waals surface area contributed by atoms with Gasteiger partial charge in [0.05, 0.1) is 48.1 Å². The monoisotopic (exact) mass is 508 g/mol. The van der Waals surface area contributed by atoms with Gasteiger partial charge in [-0.15, -0.1) is 0 Å². The zero-order chi connectivity index (χ0) is 25.3. The van der Waals surface area contributed by atoms with E-state index in [1.807, 2.05) is 6.07 Å². The molecular weight excluding hydrogens is 491 g/mol. The number of rotatable bonds is 5. The second-order valence-corrected chi connectivity index (χ2v) is 8.31. The maximum atomic E-state index is 13.3. The molecule has 0 aromatic heterocycles. The molecule has 0 aliphatic carbocycles. The average molecular weight is 509 g/mol. The molecule has 1 aliphatic rings. The van der Waals surface area contributed by atoms with Crippen LogP contribution in [0.2, 0.25) is 10.0 Å². The third kappa shape index (κ3) is 4.08. The highest BCUT2D eigenvalue weighted by atomic mass is 35.5. The Hall–Kier alpha value is -3.99. The van der Waals surface area contributed by atoms with Crippen LogP contribution in [0.5, 0.6) is 11.5 Å². The lowest BCUT2D eigenvalue weighted by Crippen LogP contribution is -2.29. The molecule has 3 aromatic rings. The van der Waals surface area contributed by atoms with Gasteiger partial charge in [0.15, 0.2) is 11.5 Å². The van der Waals surface area contributed by atoms with Gasteiger partial charge in [-0.25, -0.2) is 0 Å². The summed E-state index contributed by atoms with van der Waals surface area (Å²) in [7, 11) is 2.72. The van der Waals surface area contributed by atoms with Crippen LogP contribution in [0.25, 0.3) is 5.76 Å². The summed E-state index contributed by atoms with van der Waals surface area (Å²) >= 11 is 12.7. The molecule has 1 amide bonds. The standard InChI is InChI=1S/C26H18Cl2N2O5/c1-34-24-17(12-18(27)25(35-2)20(24)28)22(31)19-21(15-6-4-3-5-7-15)30(26(33)23(19)32)16-10-8-14(13-29)9-11-16/h3-12,21,31H,1-2H3/b22-19+. The van der Waals surface area contributed by atoms with Gasteiger partial charge in [0, 0.05) is 5.69 Å². The number of ketones is 1. The lowest BCUT2D eigenvalue weighted by molar-refractivity contribution is -0.132. The first kappa shape index (κ1) is 24.1. The number of anilines is 1. The molecule has 1 saturated heterocycles. The lowest BCUT2D eigenvalue weighted by Gasteiger charge is -2.25. The van der Waals surface area contributed by atoms with Crippen LogP contribution in [0.15, 0.2) is 66.2 Å². The van der Waals surface area contributed by atoms with Crippen LogP contribution < -0.4 is 14.4 Å². The highest BCUT2D eigenvalue weighted by molar-refractivity contribution is 6.52. The minimum absolute atomic E-state index is 0.00151. The summed E-state index contributed by atoms with van der Waals surface area (Å²) in [5.41, 5.74) is 1.23. The molecule has 9 heteroatoms. The number of carbonyl (C=O) groups is 2. The van der Waals surface area contributed by atoms with E-state index in [2.05, 4.69) is 0 Å². The number of amides is 1. The number of halogens is 2. The molecule has 1 heterocycles. The van der Waals surface area contributed by atoms with Gasteiger partial charge < -0.3 is 14.6 Å². The summed E-state index contributed by atoms with van der Waals surface area (Å²) in [6.45, 7) is 0. The topological polar surface area (TPSA) is 99.9 Å². The van der Waals surface area contributed by atoms with E-state index in [1.54, 1.807) is 54.6 Å². The third-order valence-corrected chi connectivity index (χ3v) is 6.25. The van der Waals surface area contributed by atoms with Crippen molar-refractivity contribution in [3.8, 4) is 17.6 Å². The molecule has 35 heavy (non-hydrogen) atoms. The van der Waals surface area contributed by atoms with Crippen LogP contribution in [-0.2, 0) is 9.59 Å². The van der Waals surface area contributed by atoms with E-state index in [-0.39, 0.29) is 32.7 Å². The normalized spacial score (nSPS) is 16.8. The molecule has 0 bridgehead atoms. The zero-order valence-electron chi connectivity index (χ0n) is 18.6. The van der Waals surface area contributed by atoms with Crippen LogP contribution >= 0.6 is 23.2 Å². The highest BCUT2D eigenvalue weighted by Gasteiger charge is 2.47. The number of benzene rings is 3. The van der Waals surface area contributed by atoms with E-state index in [9.17, 15) is 14.7 Å². The maximum absolute atomic E-state index is 13.3. The maximum Gasteiger partial charge on any atom is 0.300 e. The van der Waals surface area contributed by atoms with Gasteiger partial charge in [-0.05, 0) is 35.9 Å². The Kier molecular flexibility index (Phi) is 6.70. The largest absolute Gasteiger partial charge is 0.507 e. The fourth-order valence-corrected chi connectivity index (χ4v) is 4.72. The van der Waals surface area contributed by atoms with Gasteiger partial charge in [-0.2, -0.15) is 5.26 Å². The molecule has 1 N–H and O–H groups in total. The second-order valence-electron chi connectivity index (χ2n) is 7.52. The Morgan fingerprint density at radius 3 is 2.20 bits per heavy atom. The summed E-state index contributed by atoms with van der Waals surface area (Å²) in [6.07, 6.45) is 0. The first-order chi connectivity index (χ1) is 16.8. The van der Waals surface area contributed by atoms with E-state index < -0.39 is 23.5 Å². The minimum atomic E-state index is -0.964. The average Bonchev–Trinajstić information content (AvgIpc) is 3.14. The second kappa shape index (κ2) is 9.71. The predicted molar refractivity (Wildman–Crippen MR) is 132 cm³/mol. The fraction of sp³-hybridized carbons (Fsp3) is 0.115. The van der Waals surface area contributed by atoms with Crippen LogP contribution in [0, 0.1) is 11.3 Å². The highest BCUT2D eigenvalue weighted by Crippen LogP contribution is 2.48. The SMILES string of the molecule is COc1c(Cl)cc(/C(O)=C2\C(=O)C(=O)N(c3ccc(C#N)cc3)C2c2ccccc2)c(OC)c1Cl. The minimum Gasteiger partial charge on any atom is -0.507 e. The van der Waals surface area contributed by atoms with Crippen molar-refractivity contribution in [3.63, 3.8) is 0 Å². The third-order valence-electron chi connectivity index (χ3n) is 5.63. The van der Waals surface area contributed by atoms with Gasteiger partial charge >= 0.3 is 0 Å². The molecule has 0 spiro atoms.